The summed E-state index contributed by atoms with van der Waals surface area (Å²) in [6.07, 6.45) is 2.45. The Labute approximate surface area is 107 Å². The molecule has 0 aliphatic carbocycles. The number of hydrogen-bond donors (Lipinski definition) is 1. The van der Waals surface area contributed by atoms with E-state index in [9.17, 15) is 0 Å². The lowest BCUT2D eigenvalue weighted by atomic mass is 9.94. The minimum absolute atomic E-state index is 0.0151. The highest BCUT2D eigenvalue weighted by atomic mass is 16.6. The summed E-state index contributed by atoms with van der Waals surface area (Å²) in [4.78, 5) is 0. The lowest BCUT2D eigenvalue weighted by Gasteiger charge is -2.18. The van der Waals surface area contributed by atoms with E-state index in [1.807, 2.05) is 12.1 Å². The summed E-state index contributed by atoms with van der Waals surface area (Å²) >= 11 is 0. The highest BCUT2D eigenvalue weighted by molar-refractivity contribution is 5.42. The summed E-state index contributed by atoms with van der Waals surface area (Å²) in [5.41, 5.74) is 8.64. The average Bonchev–Trinajstić information content (AvgIpc) is 3.24. The van der Waals surface area contributed by atoms with Crippen molar-refractivity contribution in [1.82, 2.24) is 0 Å². The molecule has 2 aliphatic rings. The van der Waals surface area contributed by atoms with Crippen LogP contribution >= 0.6 is 0 Å². The number of methoxy groups -OCH3 is 1. The van der Waals surface area contributed by atoms with Crippen molar-refractivity contribution >= 4 is 0 Å². The van der Waals surface area contributed by atoms with Gasteiger partial charge in [-0.3, -0.25) is 0 Å². The minimum Gasteiger partial charge on any atom is -0.496 e. The lowest BCUT2D eigenvalue weighted by molar-refractivity contribution is 0.376. The van der Waals surface area contributed by atoms with Gasteiger partial charge in [-0.15, -0.1) is 0 Å². The predicted molar refractivity (Wildman–Crippen MR) is 67.7 cm³/mol. The van der Waals surface area contributed by atoms with Gasteiger partial charge in [0.2, 0.25) is 0 Å². The van der Waals surface area contributed by atoms with Crippen molar-refractivity contribution in [1.29, 1.82) is 0 Å². The Morgan fingerprint density at radius 3 is 2.67 bits per heavy atom. The predicted octanol–water partition coefficient (Wildman–Crippen LogP) is 1.43. The number of nitrogens with two attached hydrogens (primary N) is 1. The Morgan fingerprint density at radius 2 is 2.06 bits per heavy atom. The molecule has 0 amide bonds. The molecule has 0 saturated carbocycles. The Balaban J connectivity index is 1.84. The summed E-state index contributed by atoms with van der Waals surface area (Å²) in [7, 11) is 1.70. The molecule has 2 aliphatic heterocycles. The van der Waals surface area contributed by atoms with Gasteiger partial charge in [-0.2, -0.15) is 0 Å². The molecule has 1 aromatic rings. The lowest BCUT2D eigenvalue weighted by Crippen LogP contribution is -2.16. The molecule has 0 aromatic heterocycles. The van der Waals surface area contributed by atoms with Crippen LogP contribution in [0.1, 0.15) is 23.6 Å². The van der Waals surface area contributed by atoms with Crippen LogP contribution in [0.5, 0.6) is 5.75 Å². The van der Waals surface area contributed by atoms with Gasteiger partial charge in [0.25, 0.3) is 0 Å². The second-order valence-corrected chi connectivity index (χ2v) is 4.99. The molecule has 18 heavy (non-hydrogen) atoms. The average molecular weight is 249 g/mol. The molecule has 3 atom stereocenters. The first-order valence-electron chi connectivity index (χ1n) is 6.42. The van der Waals surface area contributed by atoms with Crippen molar-refractivity contribution in [3.8, 4) is 5.75 Å². The van der Waals surface area contributed by atoms with Gasteiger partial charge < -0.3 is 19.9 Å². The van der Waals surface area contributed by atoms with E-state index >= 15 is 0 Å². The molecule has 0 bridgehead atoms. The van der Waals surface area contributed by atoms with Gasteiger partial charge in [0.05, 0.1) is 32.5 Å². The maximum Gasteiger partial charge on any atom is 0.122 e. The fourth-order valence-electron chi connectivity index (χ4n) is 2.37. The SMILES string of the molecule is COc1cccc(C(N)CC2CO2)c1CC1CO1. The molecular formula is C14H19NO3. The zero-order valence-electron chi connectivity index (χ0n) is 10.6. The molecule has 2 heterocycles. The normalized spacial score (nSPS) is 26.8. The smallest absolute Gasteiger partial charge is 0.122 e. The molecule has 2 saturated heterocycles. The Hall–Kier alpha value is -1.10. The van der Waals surface area contributed by atoms with Crippen LogP contribution in [0.2, 0.25) is 0 Å². The van der Waals surface area contributed by atoms with Crippen molar-refractivity contribution in [2.45, 2.75) is 31.1 Å². The molecule has 0 radical (unpaired) electrons. The maximum atomic E-state index is 6.28. The number of hydrogen-bond acceptors (Lipinski definition) is 4. The van der Waals surface area contributed by atoms with Crippen molar-refractivity contribution < 1.29 is 14.2 Å². The molecule has 4 nitrogen and oxygen atoms in total. The summed E-state index contributed by atoms with van der Waals surface area (Å²) in [6.45, 7) is 1.69. The second kappa shape index (κ2) is 4.88. The number of rotatable bonds is 6. The van der Waals surface area contributed by atoms with Crippen LogP contribution in [-0.2, 0) is 15.9 Å². The van der Waals surface area contributed by atoms with Gasteiger partial charge in [-0.25, -0.2) is 0 Å². The fourth-order valence-corrected chi connectivity index (χ4v) is 2.37. The Bertz CT molecular complexity index is 427. The van der Waals surface area contributed by atoms with E-state index < -0.39 is 0 Å². The first kappa shape index (κ1) is 12.0. The molecular weight excluding hydrogens is 230 g/mol. The van der Waals surface area contributed by atoms with Gasteiger partial charge in [-0.1, -0.05) is 12.1 Å². The monoisotopic (exact) mass is 249 g/mol. The third-order valence-corrected chi connectivity index (χ3v) is 3.54. The minimum atomic E-state index is 0.0151. The van der Waals surface area contributed by atoms with E-state index in [-0.39, 0.29) is 6.04 Å². The highest BCUT2D eigenvalue weighted by Crippen LogP contribution is 2.33. The summed E-state index contributed by atoms with van der Waals surface area (Å²) in [5, 5.41) is 0. The van der Waals surface area contributed by atoms with E-state index in [1.165, 1.54) is 11.1 Å². The summed E-state index contributed by atoms with van der Waals surface area (Å²) in [5.74, 6) is 0.912. The summed E-state index contributed by atoms with van der Waals surface area (Å²) < 4.78 is 16.0. The van der Waals surface area contributed by atoms with Crippen LogP contribution in [0.15, 0.2) is 18.2 Å². The van der Waals surface area contributed by atoms with E-state index in [0.717, 1.165) is 31.8 Å². The van der Waals surface area contributed by atoms with E-state index in [0.29, 0.717) is 12.2 Å². The van der Waals surface area contributed by atoms with Crippen LogP contribution in [-0.4, -0.2) is 32.5 Å². The molecule has 2 fully saturated rings. The van der Waals surface area contributed by atoms with Crippen molar-refractivity contribution in [3.05, 3.63) is 29.3 Å². The van der Waals surface area contributed by atoms with E-state index in [2.05, 4.69) is 6.07 Å². The molecule has 3 rings (SSSR count). The number of benzene rings is 1. The van der Waals surface area contributed by atoms with Crippen LogP contribution in [0.4, 0.5) is 0 Å². The molecule has 0 spiro atoms. The molecule has 2 N–H and O–H groups in total. The van der Waals surface area contributed by atoms with Gasteiger partial charge in [0, 0.05) is 18.0 Å². The van der Waals surface area contributed by atoms with Crippen molar-refractivity contribution in [2.24, 2.45) is 5.73 Å². The molecule has 3 unspecified atom stereocenters. The van der Waals surface area contributed by atoms with Gasteiger partial charge in [-0.05, 0) is 18.1 Å². The third kappa shape index (κ3) is 2.66. The fraction of sp³-hybridized carbons (Fsp3) is 0.571. The van der Waals surface area contributed by atoms with Crippen molar-refractivity contribution in [2.75, 3.05) is 20.3 Å². The number of ether oxygens (including phenoxy) is 3. The summed E-state index contributed by atoms with van der Waals surface area (Å²) in [6, 6.07) is 6.09. The topological polar surface area (TPSA) is 60.3 Å². The Kier molecular flexibility index (Phi) is 3.24. The van der Waals surface area contributed by atoms with Crippen LogP contribution in [0.3, 0.4) is 0 Å². The first-order chi connectivity index (χ1) is 8.78. The zero-order chi connectivity index (χ0) is 12.5. The second-order valence-electron chi connectivity index (χ2n) is 4.99. The largest absolute Gasteiger partial charge is 0.496 e. The molecule has 1 aromatic carbocycles. The first-order valence-corrected chi connectivity index (χ1v) is 6.42. The van der Waals surface area contributed by atoms with E-state index in [1.54, 1.807) is 7.11 Å². The van der Waals surface area contributed by atoms with Crippen molar-refractivity contribution in [3.63, 3.8) is 0 Å². The maximum absolute atomic E-state index is 6.28. The van der Waals surface area contributed by atoms with Crippen LogP contribution in [0.25, 0.3) is 0 Å². The Morgan fingerprint density at radius 1 is 1.33 bits per heavy atom. The zero-order valence-corrected chi connectivity index (χ0v) is 10.6. The molecule has 4 heteroatoms. The van der Waals surface area contributed by atoms with Gasteiger partial charge in [0.1, 0.15) is 5.75 Å². The van der Waals surface area contributed by atoms with Crippen LogP contribution in [0, 0.1) is 0 Å². The quantitative estimate of drug-likeness (QED) is 0.775. The standard InChI is InChI=1S/C14H19NO3/c1-16-14-4-2-3-11(12(14)5-9-7-17-9)13(15)6-10-8-18-10/h2-4,9-10,13H,5-8,15H2,1H3. The van der Waals surface area contributed by atoms with E-state index in [4.69, 9.17) is 19.9 Å². The number of epoxide rings is 2. The van der Waals surface area contributed by atoms with Gasteiger partial charge >= 0.3 is 0 Å². The van der Waals surface area contributed by atoms with Crippen LogP contribution < -0.4 is 10.5 Å². The highest BCUT2D eigenvalue weighted by Gasteiger charge is 2.30. The van der Waals surface area contributed by atoms with Gasteiger partial charge in [0.15, 0.2) is 0 Å². The third-order valence-electron chi connectivity index (χ3n) is 3.54. The molecule has 98 valence electrons.